The average Bonchev–Trinajstić information content (AvgIpc) is 3.05. The van der Waals surface area contributed by atoms with Crippen LogP contribution in [0.1, 0.15) is 29.5 Å². The van der Waals surface area contributed by atoms with Gasteiger partial charge in [0.1, 0.15) is 0 Å². The fraction of sp³-hybridized carbons (Fsp3) is 0.222. The molecule has 3 atom stereocenters. The van der Waals surface area contributed by atoms with Crippen molar-refractivity contribution in [3.63, 3.8) is 0 Å². The van der Waals surface area contributed by atoms with Crippen molar-refractivity contribution >= 4 is 38.9 Å². The van der Waals surface area contributed by atoms with Crippen LogP contribution in [0.25, 0.3) is 0 Å². The van der Waals surface area contributed by atoms with Crippen LogP contribution in [0.5, 0.6) is 0 Å². The summed E-state index contributed by atoms with van der Waals surface area (Å²) in [4.78, 5) is 11.1. The van der Waals surface area contributed by atoms with Gasteiger partial charge in [0.2, 0.25) is 0 Å². The first-order valence-electron chi connectivity index (χ1n) is 7.71. The monoisotopic (exact) mass is 404 g/mol. The fourth-order valence-electron chi connectivity index (χ4n) is 3.81. The molecule has 122 valence electrons. The fourth-order valence-corrected chi connectivity index (χ4v) is 4.30. The van der Waals surface area contributed by atoms with Gasteiger partial charge in [-0.1, -0.05) is 51.8 Å². The van der Waals surface area contributed by atoms with Crippen molar-refractivity contribution in [1.29, 1.82) is 0 Å². The van der Waals surface area contributed by atoms with Crippen LogP contribution >= 0.6 is 27.5 Å². The topological polar surface area (TPSA) is 55.2 Å². The van der Waals surface area contributed by atoms with Crippen molar-refractivity contribution in [3.8, 4) is 0 Å². The number of nitro benzene ring substituents is 1. The first-order valence-corrected chi connectivity index (χ1v) is 8.89. The van der Waals surface area contributed by atoms with Gasteiger partial charge in [-0.15, -0.1) is 0 Å². The second kappa shape index (κ2) is 5.90. The number of anilines is 1. The highest BCUT2D eigenvalue weighted by molar-refractivity contribution is 9.10. The van der Waals surface area contributed by atoms with Gasteiger partial charge in [-0.3, -0.25) is 10.1 Å². The number of allylic oxidation sites excluding steroid dienone is 2. The lowest BCUT2D eigenvalue weighted by atomic mass is 9.76. The third-order valence-corrected chi connectivity index (χ3v) is 5.72. The minimum absolute atomic E-state index is 0.00833. The molecule has 0 fully saturated rings. The van der Waals surface area contributed by atoms with E-state index in [1.54, 1.807) is 6.07 Å². The Kier molecular flexibility index (Phi) is 3.85. The van der Waals surface area contributed by atoms with Crippen molar-refractivity contribution in [1.82, 2.24) is 0 Å². The number of halogens is 2. The molecule has 0 aromatic heterocycles. The Balaban J connectivity index is 1.86. The van der Waals surface area contributed by atoms with Crippen LogP contribution in [0.3, 0.4) is 0 Å². The molecule has 0 spiro atoms. The van der Waals surface area contributed by atoms with Crippen molar-refractivity contribution in [2.45, 2.75) is 18.4 Å². The van der Waals surface area contributed by atoms with E-state index in [2.05, 4.69) is 45.5 Å². The lowest BCUT2D eigenvalue weighted by molar-refractivity contribution is -0.385. The number of nitrogens with one attached hydrogen (secondary N) is 1. The Morgan fingerprint density at radius 3 is 2.67 bits per heavy atom. The Hall–Kier alpha value is -1.85. The van der Waals surface area contributed by atoms with Gasteiger partial charge in [-0.05, 0) is 36.1 Å². The van der Waals surface area contributed by atoms with Gasteiger partial charge in [-0.2, -0.15) is 0 Å². The molecule has 4 nitrogen and oxygen atoms in total. The van der Waals surface area contributed by atoms with E-state index >= 15 is 0 Å². The quantitative estimate of drug-likeness (QED) is 0.388. The summed E-state index contributed by atoms with van der Waals surface area (Å²) in [6.07, 6.45) is 5.09. The summed E-state index contributed by atoms with van der Waals surface area (Å²) in [6.45, 7) is 0. The number of fused-ring (bicyclic) bond motifs is 3. The summed E-state index contributed by atoms with van der Waals surface area (Å²) < 4.78 is 1.03. The van der Waals surface area contributed by atoms with Gasteiger partial charge < -0.3 is 5.32 Å². The van der Waals surface area contributed by atoms with Crippen molar-refractivity contribution < 1.29 is 4.92 Å². The van der Waals surface area contributed by atoms with Crippen molar-refractivity contribution in [3.05, 3.63) is 79.3 Å². The molecule has 2 aromatic rings. The van der Waals surface area contributed by atoms with Gasteiger partial charge >= 0.3 is 0 Å². The molecule has 0 saturated carbocycles. The van der Waals surface area contributed by atoms with E-state index in [0.29, 0.717) is 16.3 Å². The molecule has 0 amide bonds. The summed E-state index contributed by atoms with van der Waals surface area (Å²) >= 11 is 9.83. The minimum atomic E-state index is -0.319. The van der Waals surface area contributed by atoms with E-state index in [4.69, 9.17) is 11.6 Å². The van der Waals surface area contributed by atoms with E-state index < -0.39 is 0 Å². The predicted molar refractivity (Wildman–Crippen MR) is 98.6 cm³/mol. The lowest BCUT2D eigenvalue weighted by Crippen LogP contribution is -2.29. The number of benzene rings is 2. The van der Waals surface area contributed by atoms with Crippen LogP contribution in [0, 0.1) is 16.0 Å². The molecule has 1 aliphatic carbocycles. The van der Waals surface area contributed by atoms with Gasteiger partial charge in [-0.25, -0.2) is 0 Å². The zero-order chi connectivity index (χ0) is 16.8. The van der Waals surface area contributed by atoms with Crippen LogP contribution in [0.2, 0.25) is 5.02 Å². The summed E-state index contributed by atoms with van der Waals surface area (Å²) in [6, 6.07) is 11.4. The first kappa shape index (κ1) is 15.7. The molecule has 1 heterocycles. The van der Waals surface area contributed by atoms with Gasteiger partial charge in [0.15, 0.2) is 0 Å². The van der Waals surface area contributed by atoms with Crippen LogP contribution < -0.4 is 5.32 Å². The highest BCUT2D eigenvalue weighted by Gasteiger charge is 2.42. The minimum Gasteiger partial charge on any atom is -0.376 e. The molecule has 0 radical (unpaired) electrons. The molecule has 6 heteroatoms. The van der Waals surface area contributed by atoms with Crippen LogP contribution in [0.15, 0.2) is 53.0 Å². The molecule has 0 saturated heterocycles. The number of hydrogen-bond acceptors (Lipinski definition) is 3. The normalized spacial score (nSPS) is 24.2. The molecule has 0 unspecified atom stereocenters. The third kappa shape index (κ3) is 2.43. The van der Waals surface area contributed by atoms with E-state index in [1.165, 1.54) is 6.07 Å². The van der Waals surface area contributed by atoms with E-state index in [-0.39, 0.29) is 28.5 Å². The summed E-state index contributed by atoms with van der Waals surface area (Å²) in [5.74, 6) is 0.254. The van der Waals surface area contributed by atoms with E-state index in [1.807, 2.05) is 12.1 Å². The summed E-state index contributed by atoms with van der Waals surface area (Å²) in [5.41, 5.74) is 2.69. The Labute approximate surface area is 152 Å². The van der Waals surface area contributed by atoms with Gasteiger partial charge in [0.25, 0.3) is 5.69 Å². The first-order chi connectivity index (χ1) is 11.6. The average molecular weight is 406 g/mol. The maximum absolute atomic E-state index is 11.5. The van der Waals surface area contributed by atoms with Crippen molar-refractivity contribution in [2.75, 3.05) is 5.32 Å². The zero-order valence-electron chi connectivity index (χ0n) is 12.6. The highest BCUT2D eigenvalue weighted by Crippen LogP contribution is 2.54. The van der Waals surface area contributed by atoms with Crippen molar-refractivity contribution in [2.24, 2.45) is 5.92 Å². The lowest BCUT2D eigenvalue weighted by Gasteiger charge is -2.37. The SMILES string of the molecule is O=[N+]([O-])c1ccc(Cl)c2c1[C@@H]1C=CC[C@H]1[C@H](c1ccc(Br)cc1)N2. The summed E-state index contributed by atoms with van der Waals surface area (Å²) in [5, 5.41) is 15.5. The molecule has 4 rings (SSSR count). The van der Waals surface area contributed by atoms with Crippen LogP contribution in [0.4, 0.5) is 11.4 Å². The molecular weight excluding hydrogens is 392 g/mol. The smallest absolute Gasteiger partial charge is 0.275 e. The number of rotatable bonds is 2. The maximum atomic E-state index is 11.5. The molecule has 2 aliphatic rings. The highest BCUT2D eigenvalue weighted by atomic mass is 79.9. The van der Waals surface area contributed by atoms with Crippen LogP contribution in [-0.4, -0.2) is 4.92 Å². The predicted octanol–water partition coefficient (Wildman–Crippen LogP) is 5.84. The second-order valence-electron chi connectivity index (χ2n) is 6.14. The largest absolute Gasteiger partial charge is 0.376 e. The number of nitro groups is 1. The van der Waals surface area contributed by atoms with Gasteiger partial charge in [0.05, 0.1) is 27.2 Å². The van der Waals surface area contributed by atoms with Gasteiger partial charge in [0, 0.05) is 16.5 Å². The number of nitrogens with zero attached hydrogens (tertiary/aromatic N) is 1. The maximum Gasteiger partial charge on any atom is 0.275 e. The Morgan fingerprint density at radius 2 is 1.96 bits per heavy atom. The zero-order valence-corrected chi connectivity index (χ0v) is 14.9. The third-order valence-electron chi connectivity index (χ3n) is 4.87. The molecule has 2 aromatic carbocycles. The molecule has 24 heavy (non-hydrogen) atoms. The Bertz CT molecular complexity index is 851. The standard InChI is InChI=1S/C18H14BrClN2O2/c19-11-6-4-10(5-7-11)17-13-3-1-2-12(13)16-15(22(23)24)9-8-14(20)18(16)21-17/h1-2,4-9,12-13,17,21H,3H2/t12-,13-,17+/m1/s1. The molecular formula is C18H14BrClN2O2. The second-order valence-corrected chi connectivity index (χ2v) is 7.46. The van der Waals surface area contributed by atoms with E-state index in [9.17, 15) is 10.1 Å². The van der Waals surface area contributed by atoms with Crippen LogP contribution in [-0.2, 0) is 0 Å². The number of hydrogen-bond donors (Lipinski definition) is 1. The summed E-state index contributed by atoms with van der Waals surface area (Å²) in [7, 11) is 0. The Morgan fingerprint density at radius 1 is 1.21 bits per heavy atom. The molecule has 1 aliphatic heterocycles. The van der Waals surface area contributed by atoms with E-state index in [0.717, 1.165) is 16.5 Å². The molecule has 0 bridgehead atoms. The molecule has 1 N–H and O–H groups in total.